The van der Waals surface area contributed by atoms with E-state index in [4.69, 9.17) is 0 Å². The van der Waals surface area contributed by atoms with Gasteiger partial charge in [-0.15, -0.1) is 0 Å². The van der Waals surface area contributed by atoms with Crippen molar-refractivity contribution in [3.05, 3.63) is 11.7 Å². The van der Waals surface area contributed by atoms with E-state index in [1.807, 2.05) is 0 Å². The monoisotopic (exact) mass is 155 g/mol. The largest absolute Gasteiger partial charge is 1.00 e. The molecule has 0 saturated carbocycles. The predicted molar refractivity (Wildman–Crippen MR) is 25.4 cm³/mol. The molecule has 1 rings (SSSR count). The molecule has 0 N–H and O–H groups in total. The summed E-state index contributed by atoms with van der Waals surface area (Å²) in [5.74, 6) is -0.961. The molecule has 0 aromatic carbocycles. The van der Waals surface area contributed by atoms with Gasteiger partial charge >= 0.3 is 51.4 Å². The number of halogens is 1. The Morgan fingerprint density at radius 2 is 2.22 bits per heavy atom. The Hall–Kier alpha value is 0.906. The molecule has 0 radical (unpaired) electrons. The van der Waals surface area contributed by atoms with Crippen LogP contribution < -0.4 is 56.5 Å². The van der Waals surface area contributed by atoms with Crippen LogP contribution in [0.3, 0.4) is 0 Å². The Morgan fingerprint density at radius 3 is 2.33 bits per heavy atom. The zero-order chi connectivity index (χ0) is 6.15. The topological polar surface area (TPSA) is 26.3 Å². The molecule has 0 fully saturated rings. The van der Waals surface area contributed by atoms with Crippen molar-refractivity contribution in [2.75, 3.05) is 13.6 Å². The maximum absolute atomic E-state index is 12.1. The summed E-state index contributed by atoms with van der Waals surface area (Å²) in [5.41, 5.74) is 0. The summed E-state index contributed by atoms with van der Waals surface area (Å²) >= 11 is 0. The third-order valence-corrected chi connectivity index (χ3v) is 1.25. The fourth-order valence-electron chi connectivity index (χ4n) is 0.681. The minimum Gasteiger partial charge on any atom is -0.859 e. The van der Waals surface area contributed by atoms with E-state index in [0.717, 1.165) is 0 Å². The molecule has 4 heteroatoms. The minimum absolute atomic E-state index is 0. The second kappa shape index (κ2) is 3.93. The molecule has 0 saturated heterocycles. The number of rotatable bonds is 0. The molecular weight excluding hydrogens is 148 g/mol. The van der Waals surface area contributed by atoms with Crippen LogP contribution in [-0.4, -0.2) is 18.5 Å². The van der Waals surface area contributed by atoms with Gasteiger partial charge in [-0.25, -0.2) is 4.39 Å². The molecule has 1 heterocycles. The van der Waals surface area contributed by atoms with Crippen molar-refractivity contribution in [3.63, 3.8) is 0 Å². The van der Waals surface area contributed by atoms with Gasteiger partial charge in [-0.2, -0.15) is 0 Å². The number of hydrogen-bond donors (Lipinski definition) is 0. The molecule has 1 aliphatic heterocycles. The second-order valence-electron chi connectivity index (χ2n) is 1.88. The molecule has 46 valence electrons. The molecule has 0 aromatic rings. The molecule has 0 aromatic heterocycles. The van der Waals surface area contributed by atoms with E-state index < -0.39 is 11.7 Å². The van der Waals surface area contributed by atoms with Gasteiger partial charge in [0.05, 0.1) is 0 Å². The summed E-state index contributed by atoms with van der Waals surface area (Å²) < 4.78 is 12.1. The molecule has 0 aliphatic carbocycles. The van der Waals surface area contributed by atoms with Crippen molar-refractivity contribution >= 4 is 0 Å². The van der Waals surface area contributed by atoms with Gasteiger partial charge in [0.2, 0.25) is 0 Å². The SMILES string of the molecule is CN1CCC(F)=C1[O-].[K+]. The van der Waals surface area contributed by atoms with Crippen molar-refractivity contribution < 1.29 is 60.9 Å². The maximum atomic E-state index is 12.1. The molecule has 0 amide bonds. The van der Waals surface area contributed by atoms with Crippen LogP contribution in [0, 0.1) is 0 Å². The molecule has 2 nitrogen and oxygen atoms in total. The van der Waals surface area contributed by atoms with Crippen LogP contribution in [-0.2, 0) is 0 Å². The first-order chi connectivity index (χ1) is 3.72. The maximum Gasteiger partial charge on any atom is 1.00 e. The van der Waals surface area contributed by atoms with Crippen LogP contribution in [0.2, 0.25) is 0 Å². The Kier molecular flexibility index (Phi) is 4.32. The van der Waals surface area contributed by atoms with Crippen LogP contribution in [0.15, 0.2) is 11.7 Å². The van der Waals surface area contributed by atoms with Gasteiger partial charge in [0, 0.05) is 20.0 Å². The van der Waals surface area contributed by atoms with Crippen LogP contribution in [0.1, 0.15) is 6.42 Å². The fraction of sp³-hybridized carbons (Fsp3) is 0.600. The fourth-order valence-corrected chi connectivity index (χ4v) is 0.681. The Labute approximate surface area is 96.1 Å². The predicted octanol–water partition coefficient (Wildman–Crippen LogP) is -3.18. The summed E-state index contributed by atoms with van der Waals surface area (Å²) in [4.78, 5) is 1.37. The zero-order valence-corrected chi connectivity index (χ0v) is 8.77. The first-order valence-corrected chi connectivity index (χ1v) is 2.48. The van der Waals surface area contributed by atoms with Gasteiger partial charge in [0.15, 0.2) is 0 Å². The third-order valence-electron chi connectivity index (χ3n) is 1.25. The normalized spacial score (nSPS) is 18.2. The quantitative estimate of drug-likeness (QED) is 0.345. The Morgan fingerprint density at radius 1 is 1.67 bits per heavy atom. The molecule has 0 atom stereocenters. The first kappa shape index (κ1) is 9.91. The van der Waals surface area contributed by atoms with Crippen molar-refractivity contribution in [3.8, 4) is 0 Å². The van der Waals surface area contributed by atoms with Gasteiger partial charge in [-0.05, 0) is 5.88 Å². The average Bonchev–Trinajstić information content (AvgIpc) is 1.98. The first-order valence-electron chi connectivity index (χ1n) is 2.48. The second-order valence-corrected chi connectivity index (χ2v) is 1.88. The number of hydrogen-bond acceptors (Lipinski definition) is 2. The van der Waals surface area contributed by atoms with E-state index in [0.29, 0.717) is 6.54 Å². The molecule has 1 aliphatic rings. The van der Waals surface area contributed by atoms with Crippen LogP contribution >= 0.6 is 0 Å². The molecular formula is C5H7FKNO. The van der Waals surface area contributed by atoms with E-state index in [-0.39, 0.29) is 57.8 Å². The smallest absolute Gasteiger partial charge is 0.859 e. The van der Waals surface area contributed by atoms with Crippen molar-refractivity contribution in [2.24, 2.45) is 0 Å². The van der Waals surface area contributed by atoms with Crippen LogP contribution in [0.5, 0.6) is 0 Å². The summed E-state index contributed by atoms with van der Waals surface area (Å²) in [5, 5.41) is 10.4. The molecule has 0 spiro atoms. The zero-order valence-electron chi connectivity index (χ0n) is 5.65. The third kappa shape index (κ3) is 2.20. The van der Waals surface area contributed by atoms with Crippen LogP contribution in [0.4, 0.5) is 4.39 Å². The standard InChI is InChI=1S/C5H8FNO.K/c1-7-3-2-4(6)5(7)8;/h8H,2-3H2,1H3;/q;+1/p-1. The Balaban J connectivity index is 0.000000640. The van der Waals surface area contributed by atoms with Crippen molar-refractivity contribution in [1.82, 2.24) is 4.90 Å². The van der Waals surface area contributed by atoms with Gasteiger partial charge < -0.3 is 10.0 Å². The summed E-state index contributed by atoms with van der Waals surface area (Å²) in [6.45, 7) is 0.532. The van der Waals surface area contributed by atoms with Crippen molar-refractivity contribution in [2.45, 2.75) is 6.42 Å². The van der Waals surface area contributed by atoms with E-state index >= 15 is 0 Å². The molecule has 9 heavy (non-hydrogen) atoms. The van der Waals surface area contributed by atoms with Gasteiger partial charge in [-0.1, -0.05) is 0 Å². The van der Waals surface area contributed by atoms with E-state index in [2.05, 4.69) is 0 Å². The number of nitrogens with zero attached hydrogens (tertiary/aromatic N) is 1. The molecule has 0 bridgehead atoms. The summed E-state index contributed by atoms with van der Waals surface area (Å²) in [6.07, 6.45) is 0.287. The van der Waals surface area contributed by atoms with Gasteiger partial charge in [0.25, 0.3) is 0 Å². The summed E-state index contributed by atoms with van der Waals surface area (Å²) in [6, 6.07) is 0. The van der Waals surface area contributed by atoms with E-state index in [1.165, 1.54) is 4.90 Å². The van der Waals surface area contributed by atoms with Gasteiger partial charge in [-0.3, -0.25) is 0 Å². The summed E-state index contributed by atoms with van der Waals surface area (Å²) in [7, 11) is 1.59. The Bertz CT molecular complexity index is 137. The van der Waals surface area contributed by atoms with E-state index in [9.17, 15) is 9.50 Å². The van der Waals surface area contributed by atoms with E-state index in [1.54, 1.807) is 7.05 Å². The average molecular weight is 155 g/mol. The minimum atomic E-state index is -0.507. The van der Waals surface area contributed by atoms with Gasteiger partial charge in [0.1, 0.15) is 5.83 Å². The van der Waals surface area contributed by atoms with Crippen LogP contribution in [0.25, 0.3) is 0 Å². The van der Waals surface area contributed by atoms with Crippen molar-refractivity contribution in [1.29, 1.82) is 0 Å². The molecule has 0 unspecified atom stereocenters.